The van der Waals surface area contributed by atoms with E-state index in [1.165, 1.54) is 0 Å². The van der Waals surface area contributed by atoms with Crippen molar-refractivity contribution >= 4 is 17.5 Å². The van der Waals surface area contributed by atoms with Crippen LogP contribution in [0.15, 0.2) is 30.3 Å². The van der Waals surface area contributed by atoms with Gasteiger partial charge >= 0.3 is 0 Å². The van der Waals surface area contributed by atoms with Crippen LogP contribution in [-0.4, -0.2) is 42.9 Å². The van der Waals surface area contributed by atoms with E-state index in [1.54, 1.807) is 0 Å². The molecule has 5 nitrogen and oxygen atoms in total. The second-order valence-electron chi connectivity index (χ2n) is 6.11. The molecule has 1 aliphatic rings. The van der Waals surface area contributed by atoms with Gasteiger partial charge < -0.3 is 10.6 Å². The quantitative estimate of drug-likeness (QED) is 0.758. The first-order chi connectivity index (χ1) is 11.2. The van der Waals surface area contributed by atoms with Crippen molar-refractivity contribution in [1.29, 1.82) is 0 Å². The number of amides is 2. The smallest absolute Gasteiger partial charge is 0.234 e. The molecule has 1 heterocycles. The lowest BCUT2D eigenvalue weighted by atomic mass is 9.96. The van der Waals surface area contributed by atoms with Crippen molar-refractivity contribution < 1.29 is 9.59 Å². The van der Waals surface area contributed by atoms with E-state index in [9.17, 15) is 9.59 Å². The molecule has 0 aliphatic carbocycles. The largest absolute Gasteiger partial charge is 0.355 e. The molecule has 0 bridgehead atoms. The maximum atomic E-state index is 12.3. The number of hydrogen-bond acceptors (Lipinski definition) is 3. The van der Waals surface area contributed by atoms with E-state index >= 15 is 0 Å². The lowest BCUT2D eigenvalue weighted by Crippen LogP contribution is -2.43. The molecule has 0 saturated carbocycles. The molecule has 2 N–H and O–H groups in total. The molecule has 1 fully saturated rings. The molecule has 0 spiro atoms. The molecule has 1 aromatic carbocycles. The van der Waals surface area contributed by atoms with Gasteiger partial charge in [-0.3, -0.25) is 14.5 Å². The van der Waals surface area contributed by atoms with Crippen LogP contribution in [0.2, 0.25) is 0 Å². The number of piperidine rings is 1. The molecule has 1 saturated heterocycles. The first-order valence-corrected chi connectivity index (χ1v) is 8.54. The number of likely N-dealkylation sites (tertiary alicyclic amines) is 1. The summed E-state index contributed by atoms with van der Waals surface area (Å²) in [4.78, 5) is 26.2. The molecule has 23 heavy (non-hydrogen) atoms. The van der Waals surface area contributed by atoms with Crippen LogP contribution in [0, 0.1) is 5.92 Å². The van der Waals surface area contributed by atoms with E-state index in [0.29, 0.717) is 6.54 Å². The summed E-state index contributed by atoms with van der Waals surface area (Å²) in [7, 11) is 0. The summed E-state index contributed by atoms with van der Waals surface area (Å²) in [6.07, 6.45) is 3.72. The van der Waals surface area contributed by atoms with Gasteiger partial charge in [-0.05, 0) is 44.5 Å². The standard InChI is InChI=1S/C18H27N3O2/c1-2-3-11-19-17(22)14-21-12-9-15(10-13-21)18(23)20-16-7-5-4-6-8-16/h4-8,15H,2-3,9-14H2,1H3,(H,19,22)(H,20,23). The zero-order chi connectivity index (χ0) is 16.5. The normalized spacial score (nSPS) is 16.0. The summed E-state index contributed by atoms with van der Waals surface area (Å²) < 4.78 is 0. The highest BCUT2D eigenvalue weighted by Gasteiger charge is 2.25. The topological polar surface area (TPSA) is 61.4 Å². The van der Waals surface area contributed by atoms with E-state index in [-0.39, 0.29) is 17.7 Å². The maximum Gasteiger partial charge on any atom is 0.234 e. The summed E-state index contributed by atoms with van der Waals surface area (Å²) >= 11 is 0. The predicted molar refractivity (Wildman–Crippen MR) is 92.2 cm³/mol. The fourth-order valence-corrected chi connectivity index (χ4v) is 2.78. The van der Waals surface area contributed by atoms with Crippen molar-refractivity contribution in [3.8, 4) is 0 Å². The van der Waals surface area contributed by atoms with E-state index in [2.05, 4.69) is 22.5 Å². The minimum absolute atomic E-state index is 0.0367. The average molecular weight is 317 g/mol. The Labute approximate surface area is 138 Å². The average Bonchev–Trinajstić information content (AvgIpc) is 2.56. The molecule has 2 amide bonds. The third-order valence-electron chi connectivity index (χ3n) is 4.22. The lowest BCUT2D eigenvalue weighted by molar-refractivity contribution is -0.123. The van der Waals surface area contributed by atoms with Crippen LogP contribution >= 0.6 is 0 Å². The van der Waals surface area contributed by atoms with Gasteiger partial charge in [-0.2, -0.15) is 0 Å². The second kappa shape index (κ2) is 9.30. The Bertz CT molecular complexity index is 496. The summed E-state index contributed by atoms with van der Waals surface area (Å²) in [5, 5.41) is 5.90. The number of carbonyl (C=O) groups excluding carboxylic acids is 2. The van der Waals surface area contributed by atoms with Crippen molar-refractivity contribution in [3.63, 3.8) is 0 Å². The molecule has 1 aromatic rings. The Morgan fingerprint density at radius 1 is 1.17 bits per heavy atom. The molecule has 126 valence electrons. The van der Waals surface area contributed by atoms with Crippen LogP contribution in [-0.2, 0) is 9.59 Å². The number of anilines is 1. The Hall–Kier alpha value is -1.88. The Morgan fingerprint density at radius 2 is 1.87 bits per heavy atom. The van der Waals surface area contributed by atoms with E-state index in [4.69, 9.17) is 0 Å². The number of para-hydroxylation sites is 1. The molecule has 0 radical (unpaired) electrons. The van der Waals surface area contributed by atoms with E-state index in [1.807, 2.05) is 30.3 Å². The summed E-state index contributed by atoms with van der Waals surface area (Å²) in [5.74, 6) is 0.212. The van der Waals surface area contributed by atoms with Crippen molar-refractivity contribution in [2.24, 2.45) is 5.92 Å². The zero-order valence-electron chi connectivity index (χ0n) is 13.9. The SMILES string of the molecule is CCCCNC(=O)CN1CCC(C(=O)Nc2ccccc2)CC1. The molecule has 0 atom stereocenters. The van der Waals surface area contributed by atoms with Crippen LogP contribution in [0.3, 0.4) is 0 Å². The van der Waals surface area contributed by atoms with Crippen LogP contribution in [0.25, 0.3) is 0 Å². The van der Waals surface area contributed by atoms with Crippen molar-refractivity contribution in [2.45, 2.75) is 32.6 Å². The lowest BCUT2D eigenvalue weighted by Gasteiger charge is -2.30. The minimum atomic E-state index is 0.0367. The minimum Gasteiger partial charge on any atom is -0.355 e. The fourth-order valence-electron chi connectivity index (χ4n) is 2.78. The van der Waals surface area contributed by atoms with Gasteiger partial charge in [0.25, 0.3) is 0 Å². The summed E-state index contributed by atoms with van der Waals surface area (Å²) in [5.41, 5.74) is 0.843. The molecule has 0 aromatic heterocycles. The third kappa shape index (κ3) is 6.02. The van der Waals surface area contributed by atoms with Gasteiger partial charge in [-0.15, -0.1) is 0 Å². The predicted octanol–water partition coefficient (Wildman–Crippen LogP) is 2.25. The van der Waals surface area contributed by atoms with Gasteiger partial charge in [0.2, 0.25) is 11.8 Å². The number of benzene rings is 1. The van der Waals surface area contributed by atoms with Gasteiger partial charge in [-0.1, -0.05) is 31.5 Å². The van der Waals surface area contributed by atoms with E-state index < -0.39 is 0 Å². The number of carbonyl (C=O) groups is 2. The first kappa shape index (κ1) is 17.5. The van der Waals surface area contributed by atoms with Crippen LogP contribution in [0.5, 0.6) is 0 Å². The number of nitrogens with zero attached hydrogens (tertiary/aromatic N) is 1. The molecular weight excluding hydrogens is 290 g/mol. The first-order valence-electron chi connectivity index (χ1n) is 8.54. The number of unbranched alkanes of at least 4 members (excludes halogenated alkanes) is 1. The fraction of sp³-hybridized carbons (Fsp3) is 0.556. The Kier molecular flexibility index (Phi) is 7.07. The van der Waals surface area contributed by atoms with Gasteiger partial charge in [0.1, 0.15) is 0 Å². The molecule has 0 unspecified atom stereocenters. The van der Waals surface area contributed by atoms with E-state index in [0.717, 1.165) is 51.0 Å². The van der Waals surface area contributed by atoms with Crippen LogP contribution in [0.4, 0.5) is 5.69 Å². The zero-order valence-corrected chi connectivity index (χ0v) is 13.9. The monoisotopic (exact) mass is 317 g/mol. The number of nitrogens with one attached hydrogen (secondary N) is 2. The molecular formula is C18H27N3O2. The van der Waals surface area contributed by atoms with Gasteiger partial charge in [0.15, 0.2) is 0 Å². The highest BCUT2D eigenvalue weighted by atomic mass is 16.2. The Balaban J connectivity index is 1.69. The summed E-state index contributed by atoms with van der Waals surface area (Å²) in [6.45, 7) is 4.90. The second-order valence-corrected chi connectivity index (χ2v) is 6.11. The van der Waals surface area contributed by atoms with Crippen molar-refractivity contribution in [2.75, 3.05) is 31.5 Å². The van der Waals surface area contributed by atoms with Crippen molar-refractivity contribution in [3.05, 3.63) is 30.3 Å². The summed E-state index contributed by atoms with van der Waals surface area (Å²) in [6, 6.07) is 9.55. The molecule has 5 heteroatoms. The van der Waals surface area contributed by atoms with Gasteiger partial charge in [0.05, 0.1) is 6.54 Å². The Morgan fingerprint density at radius 3 is 2.52 bits per heavy atom. The van der Waals surface area contributed by atoms with Crippen LogP contribution < -0.4 is 10.6 Å². The molecule has 1 aliphatic heterocycles. The highest BCUT2D eigenvalue weighted by molar-refractivity contribution is 5.92. The number of rotatable bonds is 7. The number of hydrogen-bond donors (Lipinski definition) is 2. The maximum absolute atomic E-state index is 12.3. The van der Waals surface area contributed by atoms with Gasteiger partial charge in [-0.25, -0.2) is 0 Å². The highest BCUT2D eigenvalue weighted by Crippen LogP contribution is 2.19. The third-order valence-corrected chi connectivity index (χ3v) is 4.22. The molecule has 2 rings (SSSR count). The van der Waals surface area contributed by atoms with Crippen LogP contribution in [0.1, 0.15) is 32.6 Å². The van der Waals surface area contributed by atoms with Gasteiger partial charge in [0, 0.05) is 18.2 Å². The van der Waals surface area contributed by atoms with Crippen molar-refractivity contribution in [1.82, 2.24) is 10.2 Å².